The number of benzene rings is 1. The standard InChI is InChI=1S/C14H17BrClNO/c1-10-8-12(15)2-3-13(10)14(18)17-6-4-11(9-16)5-7-17/h2-3,8,11H,4-7,9H2,1H3. The Morgan fingerprint density at radius 1 is 1.44 bits per heavy atom. The third-order valence-electron chi connectivity index (χ3n) is 3.54. The zero-order valence-electron chi connectivity index (χ0n) is 10.5. The van der Waals surface area contributed by atoms with E-state index in [0.29, 0.717) is 11.8 Å². The average Bonchev–Trinajstić information content (AvgIpc) is 2.38. The maximum atomic E-state index is 12.4. The van der Waals surface area contributed by atoms with E-state index in [9.17, 15) is 4.79 Å². The molecular formula is C14H17BrClNO. The van der Waals surface area contributed by atoms with Crippen molar-refractivity contribution in [3.8, 4) is 0 Å². The monoisotopic (exact) mass is 329 g/mol. The van der Waals surface area contributed by atoms with Crippen molar-refractivity contribution in [2.45, 2.75) is 19.8 Å². The Bertz CT molecular complexity index is 441. The molecule has 0 atom stereocenters. The number of nitrogens with zero attached hydrogens (tertiary/aromatic N) is 1. The molecule has 1 aliphatic heterocycles. The van der Waals surface area contributed by atoms with E-state index in [0.717, 1.165) is 41.5 Å². The lowest BCUT2D eigenvalue weighted by Crippen LogP contribution is -2.39. The number of carbonyl (C=O) groups excluding carboxylic acids is 1. The predicted molar refractivity (Wildman–Crippen MR) is 78.2 cm³/mol. The van der Waals surface area contributed by atoms with Gasteiger partial charge in [-0.3, -0.25) is 4.79 Å². The number of carbonyl (C=O) groups is 1. The first-order chi connectivity index (χ1) is 8.61. The Morgan fingerprint density at radius 3 is 2.67 bits per heavy atom. The van der Waals surface area contributed by atoms with Gasteiger partial charge in [0.05, 0.1) is 0 Å². The molecule has 1 heterocycles. The number of hydrogen-bond donors (Lipinski definition) is 0. The van der Waals surface area contributed by atoms with Crippen LogP contribution in [0, 0.1) is 12.8 Å². The van der Waals surface area contributed by atoms with E-state index in [2.05, 4.69) is 15.9 Å². The largest absolute Gasteiger partial charge is 0.339 e. The molecule has 0 N–H and O–H groups in total. The van der Waals surface area contributed by atoms with Crippen LogP contribution >= 0.6 is 27.5 Å². The number of aryl methyl sites for hydroxylation is 1. The Morgan fingerprint density at radius 2 is 2.11 bits per heavy atom. The first-order valence-corrected chi connectivity index (χ1v) is 7.56. The van der Waals surface area contributed by atoms with Crippen LogP contribution in [0.25, 0.3) is 0 Å². The predicted octanol–water partition coefficient (Wildman–Crippen LogP) is 3.85. The molecule has 0 bridgehead atoms. The maximum absolute atomic E-state index is 12.4. The van der Waals surface area contributed by atoms with Crippen molar-refractivity contribution < 1.29 is 4.79 Å². The quantitative estimate of drug-likeness (QED) is 0.754. The summed E-state index contributed by atoms with van der Waals surface area (Å²) in [4.78, 5) is 14.3. The molecule has 0 aromatic heterocycles. The molecule has 1 saturated heterocycles. The summed E-state index contributed by atoms with van der Waals surface area (Å²) in [5, 5.41) is 0. The highest BCUT2D eigenvalue weighted by molar-refractivity contribution is 9.10. The molecule has 0 unspecified atom stereocenters. The van der Waals surface area contributed by atoms with Gasteiger partial charge in [0.1, 0.15) is 0 Å². The van der Waals surface area contributed by atoms with Crippen molar-refractivity contribution in [3.05, 3.63) is 33.8 Å². The van der Waals surface area contributed by atoms with Crippen LogP contribution in [0.4, 0.5) is 0 Å². The summed E-state index contributed by atoms with van der Waals surface area (Å²) in [5.74, 6) is 1.43. The smallest absolute Gasteiger partial charge is 0.254 e. The van der Waals surface area contributed by atoms with Crippen LogP contribution in [0.2, 0.25) is 0 Å². The second-order valence-corrected chi connectivity index (χ2v) is 6.07. The molecule has 1 fully saturated rings. The number of likely N-dealkylation sites (tertiary alicyclic amines) is 1. The SMILES string of the molecule is Cc1cc(Br)ccc1C(=O)N1CCC(CCl)CC1. The van der Waals surface area contributed by atoms with Gasteiger partial charge >= 0.3 is 0 Å². The van der Waals surface area contributed by atoms with Crippen LogP contribution in [0.5, 0.6) is 0 Å². The molecule has 4 heteroatoms. The van der Waals surface area contributed by atoms with Gasteiger partial charge in [-0.05, 0) is 49.4 Å². The Balaban J connectivity index is 2.08. The average molecular weight is 331 g/mol. The summed E-state index contributed by atoms with van der Waals surface area (Å²) in [7, 11) is 0. The lowest BCUT2D eigenvalue weighted by molar-refractivity contribution is 0.0697. The van der Waals surface area contributed by atoms with Gasteiger partial charge in [0.2, 0.25) is 0 Å². The van der Waals surface area contributed by atoms with Gasteiger partial charge in [-0.2, -0.15) is 0 Å². The summed E-state index contributed by atoms with van der Waals surface area (Å²) in [6.45, 7) is 3.63. The number of hydrogen-bond acceptors (Lipinski definition) is 1. The fourth-order valence-corrected chi connectivity index (χ4v) is 3.11. The zero-order chi connectivity index (χ0) is 13.1. The van der Waals surface area contributed by atoms with E-state index in [-0.39, 0.29) is 5.91 Å². The fourth-order valence-electron chi connectivity index (χ4n) is 2.33. The van der Waals surface area contributed by atoms with Gasteiger partial charge < -0.3 is 4.90 Å². The highest BCUT2D eigenvalue weighted by atomic mass is 79.9. The molecule has 0 radical (unpaired) electrons. The molecule has 1 aromatic carbocycles. The lowest BCUT2D eigenvalue weighted by atomic mass is 9.98. The third kappa shape index (κ3) is 3.07. The zero-order valence-corrected chi connectivity index (χ0v) is 12.8. The normalized spacial score (nSPS) is 16.9. The Labute approximate surface area is 121 Å². The van der Waals surface area contributed by atoms with Crippen molar-refractivity contribution in [1.82, 2.24) is 4.90 Å². The van der Waals surface area contributed by atoms with Crippen LogP contribution in [0.3, 0.4) is 0 Å². The molecule has 2 nitrogen and oxygen atoms in total. The van der Waals surface area contributed by atoms with Gasteiger partial charge in [-0.15, -0.1) is 11.6 Å². The number of halogens is 2. The van der Waals surface area contributed by atoms with E-state index >= 15 is 0 Å². The van der Waals surface area contributed by atoms with E-state index in [1.807, 2.05) is 30.0 Å². The van der Waals surface area contributed by atoms with Crippen molar-refractivity contribution in [2.75, 3.05) is 19.0 Å². The van der Waals surface area contributed by atoms with E-state index in [1.54, 1.807) is 0 Å². The minimum Gasteiger partial charge on any atom is -0.339 e. The molecule has 0 saturated carbocycles. The maximum Gasteiger partial charge on any atom is 0.254 e. The number of amides is 1. The van der Waals surface area contributed by atoms with Gasteiger partial charge in [0.25, 0.3) is 5.91 Å². The second kappa shape index (κ2) is 6.07. The number of piperidine rings is 1. The van der Waals surface area contributed by atoms with Crippen LogP contribution in [0.15, 0.2) is 22.7 Å². The molecule has 98 valence electrons. The van der Waals surface area contributed by atoms with Crippen molar-refractivity contribution in [2.24, 2.45) is 5.92 Å². The van der Waals surface area contributed by atoms with Crippen LogP contribution in [-0.4, -0.2) is 29.8 Å². The highest BCUT2D eigenvalue weighted by Gasteiger charge is 2.23. The van der Waals surface area contributed by atoms with Crippen LogP contribution < -0.4 is 0 Å². The summed E-state index contributed by atoms with van der Waals surface area (Å²) in [6.07, 6.45) is 2.04. The van der Waals surface area contributed by atoms with Gasteiger partial charge in [-0.25, -0.2) is 0 Å². The van der Waals surface area contributed by atoms with Crippen molar-refractivity contribution in [1.29, 1.82) is 0 Å². The van der Waals surface area contributed by atoms with Crippen LogP contribution in [0.1, 0.15) is 28.8 Å². The first kappa shape index (κ1) is 13.9. The minimum absolute atomic E-state index is 0.146. The Kier molecular flexibility index (Phi) is 4.68. The van der Waals surface area contributed by atoms with Gasteiger partial charge in [0, 0.05) is 29.0 Å². The molecule has 1 aliphatic rings. The lowest BCUT2D eigenvalue weighted by Gasteiger charge is -2.31. The summed E-state index contributed by atoms with van der Waals surface area (Å²) in [6, 6.07) is 5.81. The van der Waals surface area contributed by atoms with E-state index in [4.69, 9.17) is 11.6 Å². The highest BCUT2D eigenvalue weighted by Crippen LogP contribution is 2.22. The van der Waals surface area contributed by atoms with E-state index in [1.165, 1.54) is 0 Å². The summed E-state index contributed by atoms with van der Waals surface area (Å²) >= 11 is 9.28. The first-order valence-electron chi connectivity index (χ1n) is 6.23. The topological polar surface area (TPSA) is 20.3 Å². The molecular weight excluding hydrogens is 314 g/mol. The van der Waals surface area contributed by atoms with Gasteiger partial charge in [0.15, 0.2) is 0 Å². The molecule has 2 rings (SSSR count). The van der Waals surface area contributed by atoms with E-state index < -0.39 is 0 Å². The third-order valence-corrected chi connectivity index (χ3v) is 4.47. The molecule has 18 heavy (non-hydrogen) atoms. The minimum atomic E-state index is 0.146. The number of alkyl halides is 1. The summed E-state index contributed by atoms with van der Waals surface area (Å²) in [5.41, 5.74) is 1.83. The van der Waals surface area contributed by atoms with Crippen molar-refractivity contribution in [3.63, 3.8) is 0 Å². The molecule has 1 amide bonds. The second-order valence-electron chi connectivity index (χ2n) is 4.85. The van der Waals surface area contributed by atoms with Gasteiger partial charge in [-0.1, -0.05) is 15.9 Å². The Hall–Kier alpha value is -0.540. The van der Waals surface area contributed by atoms with Crippen LogP contribution in [-0.2, 0) is 0 Å². The van der Waals surface area contributed by atoms with Crippen molar-refractivity contribution >= 4 is 33.4 Å². The summed E-state index contributed by atoms with van der Waals surface area (Å²) < 4.78 is 1.01. The molecule has 1 aromatic rings. The fraction of sp³-hybridized carbons (Fsp3) is 0.500. The number of rotatable bonds is 2. The molecule has 0 aliphatic carbocycles. The molecule has 0 spiro atoms.